The second-order valence-electron chi connectivity index (χ2n) is 5.08. The highest BCUT2D eigenvalue weighted by Crippen LogP contribution is 2.19. The van der Waals surface area contributed by atoms with E-state index in [0.29, 0.717) is 6.42 Å². The summed E-state index contributed by atoms with van der Waals surface area (Å²) in [5.41, 5.74) is 12.0. The molecule has 110 valence electrons. The SMILES string of the molecule is C[C@H](NC(=O)[C@@H](N)Cc1cccc2ccccc12)C(N)=O. The van der Waals surface area contributed by atoms with Gasteiger partial charge in [-0.05, 0) is 29.7 Å². The van der Waals surface area contributed by atoms with Crippen LogP contribution in [0.2, 0.25) is 0 Å². The van der Waals surface area contributed by atoms with Crippen LogP contribution in [0.4, 0.5) is 0 Å². The van der Waals surface area contributed by atoms with Gasteiger partial charge >= 0.3 is 0 Å². The minimum atomic E-state index is -0.726. The highest BCUT2D eigenvalue weighted by atomic mass is 16.2. The quantitative estimate of drug-likeness (QED) is 0.754. The number of carbonyl (C=O) groups is 2. The van der Waals surface area contributed by atoms with Gasteiger partial charge in [0.1, 0.15) is 6.04 Å². The average Bonchev–Trinajstić information content (AvgIpc) is 2.47. The molecule has 2 amide bonds. The minimum absolute atomic E-state index is 0.380. The van der Waals surface area contributed by atoms with Crippen LogP contribution in [0, 0.1) is 0 Å². The number of primary amides is 1. The van der Waals surface area contributed by atoms with Crippen molar-refractivity contribution in [1.82, 2.24) is 5.32 Å². The van der Waals surface area contributed by atoms with Gasteiger partial charge in [0, 0.05) is 0 Å². The van der Waals surface area contributed by atoms with Gasteiger partial charge in [-0.25, -0.2) is 0 Å². The van der Waals surface area contributed by atoms with Crippen LogP contribution in [-0.2, 0) is 16.0 Å². The van der Waals surface area contributed by atoms with Crippen LogP contribution in [0.1, 0.15) is 12.5 Å². The smallest absolute Gasteiger partial charge is 0.239 e. The topological polar surface area (TPSA) is 98.2 Å². The number of hydrogen-bond acceptors (Lipinski definition) is 3. The Balaban J connectivity index is 2.13. The van der Waals surface area contributed by atoms with E-state index in [9.17, 15) is 9.59 Å². The number of rotatable bonds is 5. The molecule has 0 spiro atoms. The summed E-state index contributed by atoms with van der Waals surface area (Å²) in [6, 6.07) is 12.4. The first-order chi connectivity index (χ1) is 9.99. The lowest BCUT2D eigenvalue weighted by molar-refractivity contribution is -0.127. The third-order valence-electron chi connectivity index (χ3n) is 3.44. The molecule has 5 nitrogen and oxygen atoms in total. The molecule has 0 heterocycles. The highest BCUT2D eigenvalue weighted by Gasteiger charge is 2.19. The summed E-state index contributed by atoms with van der Waals surface area (Å²) >= 11 is 0. The van der Waals surface area contributed by atoms with E-state index in [-0.39, 0.29) is 5.91 Å². The van der Waals surface area contributed by atoms with Crippen molar-refractivity contribution in [2.24, 2.45) is 11.5 Å². The Labute approximate surface area is 123 Å². The zero-order chi connectivity index (χ0) is 15.4. The first-order valence-corrected chi connectivity index (χ1v) is 6.81. The third kappa shape index (κ3) is 3.58. The number of nitrogens with one attached hydrogen (secondary N) is 1. The predicted octanol–water partition coefficient (Wildman–Crippen LogP) is 0.700. The fourth-order valence-corrected chi connectivity index (χ4v) is 2.19. The van der Waals surface area contributed by atoms with Crippen LogP contribution in [0.15, 0.2) is 42.5 Å². The van der Waals surface area contributed by atoms with Crippen molar-refractivity contribution in [2.75, 3.05) is 0 Å². The lowest BCUT2D eigenvalue weighted by atomic mass is 9.98. The van der Waals surface area contributed by atoms with E-state index < -0.39 is 18.0 Å². The van der Waals surface area contributed by atoms with Crippen LogP contribution < -0.4 is 16.8 Å². The number of benzene rings is 2. The first-order valence-electron chi connectivity index (χ1n) is 6.81. The van der Waals surface area contributed by atoms with Crippen molar-refractivity contribution >= 4 is 22.6 Å². The molecule has 2 aromatic carbocycles. The van der Waals surface area contributed by atoms with Crippen molar-refractivity contribution in [2.45, 2.75) is 25.4 Å². The summed E-state index contributed by atoms with van der Waals surface area (Å²) in [5, 5.41) is 4.69. The normalized spacial score (nSPS) is 13.6. The Hall–Kier alpha value is -2.40. The summed E-state index contributed by atoms with van der Waals surface area (Å²) in [7, 11) is 0. The van der Waals surface area contributed by atoms with E-state index in [1.165, 1.54) is 6.92 Å². The predicted molar refractivity (Wildman–Crippen MR) is 82.4 cm³/mol. The average molecular weight is 285 g/mol. The number of nitrogens with two attached hydrogens (primary N) is 2. The van der Waals surface area contributed by atoms with Gasteiger partial charge in [-0.1, -0.05) is 42.5 Å². The van der Waals surface area contributed by atoms with Gasteiger partial charge in [-0.2, -0.15) is 0 Å². The van der Waals surface area contributed by atoms with Crippen LogP contribution in [0.5, 0.6) is 0 Å². The zero-order valence-electron chi connectivity index (χ0n) is 11.9. The molecule has 2 aromatic rings. The maximum atomic E-state index is 12.0. The van der Waals surface area contributed by atoms with Gasteiger partial charge in [0.05, 0.1) is 6.04 Å². The summed E-state index contributed by atoms with van der Waals surface area (Å²) < 4.78 is 0. The van der Waals surface area contributed by atoms with Crippen molar-refractivity contribution in [1.29, 1.82) is 0 Å². The number of hydrogen-bond donors (Lipinski definition) is 3. The van der Waals surface area contributed by atoms with Gasteiger partial charge in [-0.15, -0.1) is 0 Å². The Morgan fingerprint density at radius 3 is 2.52 bits per heavy atom. The van der Waals surface area contributed by atoms with Crippen LogP contribution in [-0.4, -0.2) is 23.9 Å². The molecule has 2 rings (SSSR count). The summed E-state index contributed by atoms with van der Waals surface area (Å²) in [6.07, 6.45) is 0.401. The van der Waals surface area contributed by atoms with E-state index in [2.05, 4.69) is 5.32 Å². The molecule has 0 aliphatic heterocycles. The molecule has 0 radical (unpaired) electrons. The molecule has 21 heavy (non-hydrogen) atoms. The Kier molecular flexibility index (Phi) is 4.55. The third-order valence-corrected chi connectivity index (χ3v) is 3.44. The van der Waals surface area contributed by atoms with E-state index >= 15 is 0 Å². The largest absolute Gasteiger partial charge is 0.368 e. The van der Waals surface area contributed by atoms with Crippen LogP contribution in [0.25, 0.3) is 10.8 Å². The Morgan fingerprint density at radius 2 is 1.81 bits per heavy atom. The summed E-state index contributed by atoms with van der Waals surface area (Å²) in [5.74, 6) is -0.963. The molecule has 0 aliphatic rings. The molecule has 0 fully saturated rings. The molecule has 0 aliphatic carbocycles. The van der Waals surface area contributed by atoms with E-state index in [0.717, 1.165) is 16.3 Å². The molecule has 0 saturated heterocycles. The Bertz CT molecular complexity index is 664. The maximum absolute atomic E-state index is 12.0. The van der Waals surface area contributed by atoms with Crippen molar-refractivity contribution in [3.05, 3.63) is 48.0 Å². The van der Waals surface area contributed by atoms with Gasteiger partial charge in [0.2, 0.25) is 11.8 Å². The van der Waals surface area contributed by atoms with Gasteiger partial charge < -0.3 is 16.8 Å². The fourth-order valence-electron chi connectivity index (χ4n) is 2.19. The van der Waals surface area contributed by atoms with Crippen molar-refractivity contribution in [3.8, 4) is 0 Å². The van der Waals surface area contributed by atoms with Gasteiger partial charge in [-0.3, -0.25) is 9.59 Å². The van der Waals surface area contributed by atoms with E-state index in [1.54, 1.807) is 0 Å². The first kappa shape index (κ1) is 15.0. The second-order valence-corrected chi connectivity index (χ2v) is 5.08. The minimum Gasteiger partial charge on any atom is -0.368 e. The maximum Gasteiger partial charge on any atom is 0.239 e. The van der Waals surface area contributed by atoms with Crippen molar-refractivity contribution in [3.63, 3.8) is 0 Å². The molecule has 0 bridgehead atoms. The molecule has 5 N–H and O–H groups in total. The number of amides is 2. The lowest BCUT2D eigenvalue weighted by Crippen LogP contribution is -2.49. The fraction of sp³-hybridized carbons (Fsp3) is 0.250. The molecule has 0 aromatic heterocycles. The van der Waals surface area contributed by atoms with Crippen LogP contribution in [0.3, 0.4) is 0 Å². The Morgan fingerprint density at radius 1 is 1.14 bits per heavy atom. The lowest BCUT2D eigenvalue weighted by Gasteiger charge is -2.16. The van der Waals surface area contributed by atoms with E-state index in [4.69, 9.17) is 11.5 Å². The van der Waals surface area contributed by atoms with Crippen LogP contribution >= 0.6 is 0 Å². The monoisotopic (exact) mass is 285 g/mol. The summed E-state index contributed by atoms with van der Waals surface area (Å²) in [6.45, 7) is 1.53. The molecule has 0 unspecified atom stereocenters. The molecule has 0 saturated carbocycles. The molecular formula is C16H19N3O2. The zero-order valence-corrected chi connectivity index (χ0v) is 11.9. The number of carbonyl (C=O) groups excluding carboxylic acids is 2. The van der Waals surface area contributed by atoms with Gasteiger partial charge in [0.25, 0.3) is 0 Å². The highest BCUT2D eigenvalue weighted by molar-refractivity contribution is 5.90. The van der Waals surface area contributed by atoms with E-state index in [1.807, 2.05) is 42.5 Å². The number of fused-ring (bicyclic) bond motifs is 1. The second kappa shape index (κ2) is 6.37. The molecular weight excluding hydrogens is 266 g/mol. The van der Waals surface area contributed by atoms with Crippen molar-refractivity contribution < 1.29 is 9.59 Å². The standard InChI is InChI=1S/C16H19N3O2/c1-10(15(18)20)19-16(21)14(17)9-12-7-4-6-11-5-2-3-8-13(11)12/h2-8,10,14H,9,17H2,1H3,(H2,18,20)(H,19,21)/t10-,14-/m0/s1. The molecule has 5 heteroatoms. The molecule has 2 atom stereocenters. The van der Waals surface area contributed by atoms with Gasteiger partial charge in [0.15, 0.2) is 0 Å². The summed E-state index contributed by atoms with van der Waals surface area (Å²) in [4.78, 5) is 22.9.